The van der Waals surface area contributed by atoms with Crippen molar-refractivity contribution in [2.24, 2.45) is 0 Å². The Kier molecular flexibility index (Phi) is 5.74. The number of alkyl carbamates (subject to hydrolysis) is 1. The second-order valence-corrected chi connectivity index (χ2v) is 7.29. The van der Waals surface area contributed by atoms with Gasteiger partial charge in [0.05, 0.1) is 10.5 Å². The van der Waals surface area contributed by atoms with Gasteiger partial charge in [-0.05, 0) is 28.3 Å². The number of hydrogen-bond acceptors (Lipinski definition) is 5. The van der Waals surface area contributed by atoms with E-state index in [9.17, 15) is 33.6 Å². The number of nitro groups is 1. The lowest BCUT2D eigenvalue weighted by atomic mass is 9.98. The van der Waals surface area contributed by atoms with Crippen molar-refractivity contribution in [2.45, 2.75) is 12.0 Å². The fourth-order valence-electron chi connectivity index (χ4n) is 3.98. The van der Waals surface area contributed by atoms with Gasteiger partial charge in [-0.3, -0.25) is 10.1 Å². The summed E-state index contributed by atoms with van der Waals surface area (Å²) in [6, 6.07) is 14.0. The van der Waals surface area contributed by atoms with Gasteiger partial charge in [-0.25, -0.2) is 14.0 Å². The Labute approximate surface area is 185 Å². The van der Waals surface area contributed by atoms with Gasteiger partial charge in [0, 0.05) is 12.0 Å². The molecule has 1 atom stereocenters. The molecular weight excluding hydrogens is 438 g/mol. The maximum atomic E-state index is 14.5. The Balaban J connectivity index is 1.55. The molecule has 168 valence electrons. The first-order valence-electron chi connectivity index (χ1n) is 9.76. The summed E-state index contributed by atoms with van der Waals surface area (Å²) in [6.45, 7) is -0.161. The van der Waals surface area contributed by atoms with E-state index in [4.69, 9.17) is 4.74 Å². The molecule has 0 aromatic heterocycles. The molecule has 1 unspecified atom stereocenters. The Morgan fingerprint density at radius 2 is 1.61 bits per heavy atom. The van der Waals surface area contributed by atoms with E-state index >= 15 is 0 Å². The summed E-state index contributed by atoms with van der Waals surface area (Å²) in [6.07, 6.45) is -1.24. The highest BCUT2D eigenvalue weighted by molar-refractivity contribution is 5.82. The van der Waals surface area contributed by atoms with Crippen LogP contribution in [0.4, 0.5) is 19.3 Å². The van der Waals surface area contributed by atoms with Crippen molar-refractivity contribution in [1.82, 2.24) is 5.32 Å². The molecule has 33 heavy (non-hydrogen) atoms. The highest BCUT2D eigenvalue weighted by Gasteiger charge is 2.34. The van der Waals surface area contributed by atoms with Crippen LogP contribution in [0.1, 0.15) is 28.7 Å². The summed E-state index contributed by atoms with van der Waals surface area (Å²) < 4.78 is 33.9. The van der Waals surface area contributed by atoms with Crippen molar-refractivity contribution < 1.29 is 33.1 Å². The average Bonchev–Trinajstić information content (AvgIpc) is 3.10. The molecule has 1 amide bonds. The monoisotopic (exact) mass is 454 g/mol. The normalized spacial score (nSPS) is 13.0. The number of carbonyl (C=O) groups excluding carboxylic acids is 1. The largest absolute Gasteiger partial charge is 0.479 e. The quantitative estimate of drug-likeness (QED) is 0.417. The van der Waals surface area contributed by atoms with E-state index in [1.807, 2.05) is 53.8 Å². The number of nitro benzene ring substituents is 1. The van der Waals surface area contributed by atoms with Gasteiger partial charge in [-0.2, -0.15) is 4.39 Å². The topological polar surface area (TPSA) is 119 Å². The van der Waals surface area contributed by atoms with E-state index in [0.717, 1.165) is 22.3 Å². The number of carboxylic acid groups (broad SMARTS) is 1. The number of fused-ring (bicyclic) bond motifs is 3. The van der Waals surface area contributed by atoms with Crippen molar-refractivity contribution in [3.8, 4) is 11.1 Å². The molecule has 2 N–H and O–H groups in total. The summed E-state index contributed by atoms with van der Waals surface area (Å²) in [5.74, 6) is -5.18. The average molecular weight is 454 g/mol. The molecule has 0 radical (unpaired) electrons. The number of carboxylic acids is 1. The molecule has 4 rings (SSSR count). The van der Waals surface area contributed by atoms with Crippen molar-refractivity contribution in [2.75, 3.05) is 6.61 Å². The van der Waals surface area contributed by atoms with Crippen LogP contribution >= 0.6 is 0 Å². The Hall–Kier alpha value is -4.34. The summed E-state index contributed by atoms with van der Waals surface area (Å²) in [5.41, 5.74) is 1.50. The van der Waals surface area contributed by atoms with E-state index in [1.165, 1.54) is 0 Å². The molecule has 8 nitrogen and oxygen atoms in total. The fraction of sp³-hybridized carbons (Fsp3) is 0.130. The van der Waals surface area contributed by atoms with Gasteiger partial charge in [0.15, 0.2) is 6.04 Å². The smallest absolute Gasteiger partial charge is 0.408 e. The highest BCUT2D eigenvalue weighted by atomic mass is 19.1. The first-order valence-corrected chi connectivity index (χ1v) is 9.76. The number of nitrogens with zero attached hydrogens (tertiary/aromatic N) is 1. The minimum atomic E-state index is -2.24. The lowest BCUT2D eigenvalue weighted by Crippen LogP contribution is -2.36. The molecular formula is C23H16F2N2O6. The van der Waals surface area contributed by atoms with E-state index in [-0.39, 0.29) is 12.5 Å². The zero-order valence-electron chi connectivity index (χ0n) is 16.8. The molecule has 0 bridgehead atoms. The van der Waals surface area contributed by atoms with Crippen molar-refractivity contribution >= 4 is 17.7 Å². The maximum absolute atomic E-state index is 14.5. The van der Waals surface area contributed by atoms with Gasteiger partial charge in [0.2, 0.25) is 5.82 Å². The van der Waals surface area contributed by atoms with Gasteiger partial charge in [-0.1, -0.05) is 48.5 Å². The number of hydrogen-bond donors (Lipinski definition) is 2. The second-order valence-electron chi connectivity index (χ2n) is 7.29. The van der Waals surface area contributed by atoms with Crippen LogP contribution in [0.5, 0.6) is 0 Å². The van der Waals surface area contributed by atoms with Gasteiger partial charge in [-0.15, -0.1) is 0 Å². The predicted molar refractivity (Wildman–Crippen MR) is 112 cm³/mol. The van der Waals surface area contributed by atoms with E-state index in [2.05, 4.69) is 0 Å². The Bertz CT molecular complexity index is 1230. The van der Waals surface area contributed by atoms with Crippen LogP contribution in [0.2, 0.25) is 0 Å². The number of aliphatic carboxylic acids is 1. The number of benzene rings is 3. The van der Waals surface area contributed by atoms with Crippen LogP contribution in [0, 0.1) is 21.7 Å². The molecule has 1 aliphatic rings. The first kappa shape index (κ1) is 21.9. The van der Waals surface area contributed by atoms with Crippen LogP contribution in [0.15, 0.2) is 60.7 Å². The third-order valence-electron chi connectivity index (χ3n) is 5.44. The second kappa shape index (κ2) is 8.65. The van der Waals surface area contributed by atoms with Crippen LogP contribution in [-0.4, -0.2) is 28.7 Å². The number of rotatable bonds is 6. The molecule has 0 aliphatic heterocycles. The van der Waals surface area contributed by atoms with Gasteiger partial charge < -0.3 is 15.2 Å². The predicted octanol–water partition coefficient (Wildman–Crippen LogP) is 4.54. The molecule has 3 aromatic rings. The van der Waals surface area contributed by atoms with Crippen molar-refractivity contribution in [1.29, 1.82) is 0 Å². The van der Waals surface area contributed by atoms with Crippen molar-refractivity contribution in [3.05, 3.63) is 99.1 Å². The zero-order chi connectivity index (χ0) is 23.7. The minimum Gasteiger partial charge on any atom is -0.479 e. The van der Waals surface area contributed by atoms with Gasteiger partial charge in [0.25, 0.3) is 0 Å². The van der Waals surface area contributed by atoms with E-state index in [0.29, 0.717) is 12.1 Å². The van der Waals surface area contributed by atoms with Crippen LogP contribution in [0.25, 0.3) is 11.1 Å². The third kappa shape index (κ3) is 3.98. The number of ether oxygens (including phenoxy) is 1. The number of amides is 1. The van der Waals surface area contributed by atoms with Crippen LogP contribution in [0.3, 0.4) is 0 Å². The standard InChI is InChI=1S/C23H16F2N2O6/c24-17-9-10-18(27(31)32)20(25)19(17)21(22(28)29)26-23(30)33-11-16-14-7-3-1-5-12(14)13-6-2-4-8-15(13)16/h1-10,16,21H,11H2,(H,26,30)(H,28,29). The SMILES string of the molecule is O=C(NC(C(=O)O)c1c(F)ccc([N+](=O)[O-])c1F)OCC1c2ccccc2-c2ccccc21. The Morgan fingerprint density at radius 3 is 2.15 bits per heavy atom. The molecule has 0 heterocycles. The molecule has 0 fully saturated rings. The molecule has 3 aromatic carbocycles. The van der Waals surface area contributed by atoms with Gasteiger partial charge >= 0.3 is 17.7 Å². The highest BCUT2D eigenvalue weighted by Crippen LogP contribution is 2.44. The third-order valence-corrected chi connectivity index (χ3v) is 5.44. The molecule has 0 spiro atoms. The summed E-state index contributed by atoms with van der Waals surface area (Å²) in [5, 5.41) is 22.2. The van der Waals surface area contributed by atoms with Gasteiger partial charge in [0.1, 0.15) is 12.4 Å². The summed E-state index contributed by atoms with van der Waals surface area (Å²) >= 11 is 0. The van der Waals surface area contributed by atoms with E-state index < -0.39 is 45.9 Å². The molecule has 0 saturated carbocycles. The lowest BCUT2D eigenvalue weighted by Gasteiger charge is -2.18. The number of carbonyl (C=O) groups is 2. The number of nitrogens with one attached hydrogen (secondary N) is 1. The number of halogens is 2. The molecule has 0 saturated heterocycles. The van der Waals surface area contributed by atoms with Crippen LogP contribution < -0.4 is 5.32 Å². The minimum absolute atomic E-state index is 0.161. The summed E-state index contributed by atoms with van der Waals surface area (Å²) in [4.78, 5) is 33.8. The van der Waals surface area contributed by atoms with Crippen molar-refractivity contribution in [3.63, 3.8) is 0 Å². The Morgan fingerprint density at radius 1 is 1.03 bits per heavy atom. The fourth-order valence-corrected chi connectivity index (χ4v) is 3.98. The molecule has 10 heteroatoms. The summed E-state index contributed by atoms with van der Waals surface area (Å²) in [7, 11) is 0. The van der Waals surface area contributed by atoms with E-state index in [1.54, 1.807) is 0 Å². The molecule has 1 aliphatic carbocycles. The van der Waals surface area contributed by atoms with Crippen LogP contribution in [-0.2, 0) is 9.53 Å². The lowest BCUT2D eigenvalue weighted by molar-refractivity contribution is -0.387. The zero-order valence-corrected chi connectivity index (χ0v) is 16.8. The maximum Gasteiger partial charge on any atom is 0.408 e. The first-order chi connectivity index (χ1) is 15.8.